The van der Waals surface area contributed by atoms with Gasteiger partial charge < -0.3 is 15.0 Å². The van der Waals surface area contributed by atoms with Crippen molar-refractivity contribution in [1.82, 2.24) is 9.36 Å². The van der Waals surface area contributed by atoms with Crippen LogP contribution in [0.15, 0.2) is 22.7 Å². The van der Waals surface area contributed by atoms with E-state index < -0.39 is 0 Å². The Morgan fingerprint density at radius 2 is 2.13 bits per heavy atom. The van der Waals surface area contributed by atoms with Crippen LogP contribution in [0.3, 0.4) is 0 Å². The summed E-state index contributed by atoms with van der Waals surface area (Å²) in [7, 11) is 0. The molecule has 2 fully saturated rings. The largest absolute Gasteiger partial charge is 0.378 e. The quantitative estimate of drug-likeness (QED) is 0.838. The van der Waals surface area contributed by atoms with Gasteiger partial charge in [-0.1, -0.05) is 22.0 Å². The van der Waals surface area contributed by atoms with Crippen molar-refractivity contribution in [3.05, 3.63) is 34.1 Å². The molecule has 1 aliphatic heterocycles. The highest BCUT2D eigenvalue weighted by molar-refractivity contribution is 9.10. The summed E-state index contributed by atoms with van der Waals surface area (Å²) in [6, 6.07) is 6.46. The van der Waals surface area contributed by atoms with Crippen LogP contribution in [0.1, 0.15) is 30.1 Å². The molecule has 1 aromatic heterocycles. The summed E-state index contributed by atoms with van der Waals surface area (Å²) < 4.78 is 11.0. The van der Waals surface area contributed by atoms with Gasteiger partial charge in [-0.15, -0.1) is 0 Å². The van der Waals surface area contributed by atoms with Gasteiger partial charge >= 0.3 is 0 Å². The maximum Gasteiger partial charge on any atom is 0.202 e. The predicted molar refractivity (Wildman–Crippen MR) is 96.4 cm³/mol. The first kappa shape index (κ1) is 15.4. The van der Waals surface area contributed by atoms with E-state index in [0.29, 0.717) is 5.92 Å². The van der Waals surface area contributed by atoms with Crippen LogP contribution in [0.5, 0.6) is 0 Å². The Morgan fingerprint density at radius 1 is 1.30 bits per heavy atom. The molecule has 2 heterocycles. The van der Waals surface area contributed by atoms with E-state index in [9.17, 15) is 0 Å². The zero-order valence-electron chi connectivity index (χ0n) is 12.8. The van der Waals surface area contributed by atoms with Crippen LogP contribution >= 0.6 is 27.5 Å². The molecule has 122 valence electrons. The third kappa shape index (κ3) is 3.67. The van der Waals surface area contributed by atoms with Gasteiger partial charge in [-0.25, -0.2) is 4.98 Å². The third-order valence-electron chi connectivity index (χ3n) is 4.21. The molecule has 23 heavy (non-hydrogen) atoms. The van der Waals surface area contributed by atoms with Gasteiger partial charge in [0, 0.05) is 47.2 Å². The number of rotatable bonds is 5. The summed E-state index contributed by atoms with van der Waals surface area (Å²) >= 11 is 5.05. The monoisotopic (exact) mass is 394 g/mol. The Labute approximate surface area is 148 Å². The van der Waals surface area contributed by atoms with Crippen molar-refractivity contribution in [3.8, 4) is 0 Å². The number of benzene rings is 1. The van der Waals surface area contributed by atoms with Crippen molar-refractivity contribution >= 4 is 38.3 Å². The van der Waals surface area contributed by atoms with E-state index in [1.807, 2.05) is 0 Å². The topological polar surface area (TPSA) is 50.3 Å². The molecule has 7 heteroatoms. The van der Waals surface area contributed by atoms with Gasteiger partial charge in [0.25, 0.3) is 0 Å². The van der Waals surface area contributed by atoms with Gasteiger partial charge in [0.05, 0.1) is 13.2 Å². The molecule has 1 saturated heterocycles. The molecule has 0 unspecified atom stereocenters. The lowest BCUT2D eigenvalue weighted by molar-refractivity contribution is 0.122. The molecule has 4 rings (SSSR count). The zero-order chi connectivity index (χ0) is 15.6. The van der Waals surface area contributed by atoms with E-state index in [-0.39, 0.29) is 0 Å². The number of anilines is 2. The van der Waals surface area contributed by atoms with Crippen molar-refractivity contribution in [2.24, 2.45) is 0 Å². The lowest BCUT2D eigenvalue weighted by Crippen LogP contribution is -2.36. The van der Waals surface area contributed by atoms with Crippen LogP contribution in [0.25, 0.3) is 0 Å². The number of nitrogens with one attached hydrogen (secondary N) is 1. The fourth-order valence-electron chi connectivity index (χ4n) is 2.77. The van der Waals surface area contributed by atoms with Crippen molar-refractivity contribution in [2.45, 2.75) is 25.3 Å². The Kier molecular flexibility index (Phi) is 4.50. The van der Waals surface area contributed by atoms with Gasteiger partial charge in [0.15, 0.2) is 0 Å². The number of hydrogen-bond donors (Lipinski definition) is 1. The molecule has 0 spiro atoms. The molecule has 2 aliphatic rings. The first-order valence-electron chi connectivity index (χ1n) is 7.98. The maximum absolute atomic E-state index is 5.47. The van der Waals surface area contributed by atoms with Crippen LogP contribution in [0.2, 0.25) is 0 Å². The fraction of sp³-hybridized carbons (Fsp3) is 0.500. The standard InChI is InChI=1S/C16H19BrN4OS/c17-13-4-3-12(14(9-13)21-5-7-22-8-6-21)10-18-16-19-15(20-23-16)11-1-2-11/h3-4,9,11H,1-2,5-8,10H2,(H,18,19,20). The van der Waals surface area contributed by atoms with Gasteiger partial charge in [0.1, 0.15) is 5.82 Å². The van der Waals surface area contributed by atoms with Crippen LogP contribution < -0.4 is 10.2 Å². The summed E-state index contributed by atoms with van der Waals surface area (Å²) in [6.07, 6.45) is 2.48. The summed E-state index contributed by atoms with van der Waals surface area (Å²) in [4.78, 5) is 6.99. The minimum atomic E-state index is 0.610. The zero-order valence-corrected chi connectivity index (χ0v) is 15.2. The molecule has 1 aromatic carbocycles. The molecular formula is C16H19BrN4OS. The lowest BCUT2D eigenvalue weighted by atomic mass is 10.1. The minimum absolute atomic E-state index is 0.610. The molecule has 1 N–H and O–H groups in total. The fourth-order valence-corrected chi connectivity index (χ4v) is 3.76. The summed E-state index contributed by atoms with van der Waals surface area (Å²) in [5, 5.41) is 4.35. The predicted octanol–water partition coefficient (Wildman–Crippen LogP) is 3.63. The minimum Gasteiger partial charge on any atom is -0.378 e. The van der Waals surface area contributed by atoms with Gasteiger partial charge in [-0.05, 0) is 30.5 Å². The first-order chi connectivity index (χ1) is 11.3. The Balaban J connectivity index is 1.48. The SMILES string of the molecule is Brc1ccc(CNc2nc(C3CC3)ns2)c(N2CCOCC2)c1. The van der Waals surface area contributed by atoms with Crippen molar-refractivity contribution < 1.29 is 4.74 Å². The third-order valence-corrected chi connectivity index (χ3v) is 5.39. The van der Waals surface area contributed by atoms with E-state index >= 15 is 0 Å². The van der Waals surface area contributed by atoms with Crippen molar-refractivity contribution in [3.63, 3.8) is 0 Å². The second kappa shape index (κ2) is 6.75. The van der Waals surface area contributed by atoms with Crippen LogP contribution in [0, 0.1) is 0 Å². The van der Waals surface area contributed by atoms with Crippen molar-refractivity contribution in [2.75, 3.05) is 36.5 Å². The number of morpholine rings is 1. The summed E-state index contributed by atoms with van der Waals surface area (Å²) in [6.45, 7) is 4.22. The molecule has 1 aliphatic carbocycles. The second-order valence-electron chi connectivity index (χ2n) is 5.96. The number of nitrogens with zero attached hydrogens (tertiary/aromatic N) is 3. The van der Waals surface area contributed by atoms with Gasteiger partial charge in [0.2, 0.25) is 5.13 Å². The molecule has 1 saturated carbocycles. The van der Waals surface area contributed by atoms with E-state index in [4.69, 9.17) is 4.74 Å². The van der Waals surface area contributed by atoms with E-state index in [2.05, 4.69) is 53.7 Å². The maximum atomic E-state index is 5.47. The molecule has 0 amide bonds. The number of aromatic nitrogens is 2. The highest BCUT2D eigenvalue weighted by Gasteiger charge is 2.27. The molecule has 5 nitrogen and oxygen atoms in total. The number of ether oxygens (including phenoxy) is 1. The lowest BCUT2D eigenvalue weighted by Gasteiger charge is -2.30. The highest BCUT2D eigenvalue weighted by atomic mass is 79.9. The summed E-state index contributed by atoms with van der Waals surface area (Å²) in [5.74, 6) is 1.63. The van der Waals surface area contributed by atoms with E-state index in [1.54, 1.807) is 0 Å². The Hall–Kier alpha value is -1.18. The number of halogens is 1. The average Bonchev–Trinajstić information content (AvgIpc) is 3.33. The molecule has 2 aromatic rings. The first-order valence-corrected chi connectivity index (χ1v) is 9.55. The number of hydrogen-bond acceptors (Lipinski definition) is 6. The molecule has 0 bridgehead atoms. The van der Waals surface area contributed by atoms with Crippen molar-refractivity contribution in [1.29, 1.82) is 0 Å². The molecule has 0 atom stereocenters. The Bertz CT molecular complexity index is 682. The highest BCUT2D eigenvalue weighted by Crippen LogP contribution is 2.39. The molecule has 0 radical (unpaired) electrons. The van der Waals surface area contributed by atoms with E-state index in [1.165, 1.54) is 35.6 Å². The normalized spacial score (nSPS) is 18.2. The van der Waals surface area contributed by atoms with Crippen LogP contribution in [-0.2, 0) is 11.3 Å². The van der Waals surface area contributed by atoms with Crippen LogP contribution in [-0.4, -0.2) is 35.7 Å². The molecular weight excluding hydrogens is 376 g/mol. The second-order valence-corrected chi connectivity index (χ2v) is 7.63. The van der Waals surface area contributed by atoms with Gasteiger partial charge in [-0.2, -0.15) is 4.37 Å². The smallest absolute Gasteiger partial charge is 0.202 e. The summed E-state index contributed by atoms with van der Waals surface area (Å²) in [5.41, 5.74) is 2.54. The average molecular weight is 395 g/mol. The van der Waals surface area contributed by atoms with E-state index in [0.717, 1.165) is 48.3 Å². The van der Waals surface area contributed by atoms with Gasteiger partial charge in [-0.3, -0.25) is 0 Å². The Morgan fingerprint density at radius 3 is 2.91 bits per heavy atom. The van der Waals surface area contributed by atoms with Crippen LogP contribution in [0.4, 0.5) is 10.8 Å².